The molecule has 4 fully saturated rings. The van der Waals surface area contributed by atoms with E-state index in [1.807, 2.05) is 13.8 Å². The molecule has 0 unspecified atom stereocenters. The van der Waals surface area contributed by atoms with Crippen LogP contribution in [0.5, 0.6) is 0 Å². The molecule has 0 spiro atoms. The Bertz CT molecular complexity index is 944. The largest absolute Gasteiger partial charge is 0.462 e. The molecule has 0 aromatic carbocycles. The van der Waals surface area contributed by atoms with E-state index in [-0.39, 0.29) is 90.4 Å². The Hall–Kier alpha value is -1.22. The molecule has 4 rings (SSSR count). The summed E-state index contributed by atoms with van der Waals surface area (Å²) in [4.78, 5) is 29.7. The molecule has 0 radical (unpaired) electrons. The van der Waals surface area contributed by atoms with Crippen LogP contribution in [0.25, 0.3) is 0 Å². The molecule has 4 aliphatic heterocycles. The molecule has 0 aromatic heterocycles. The first kappa shape index (κ1) is 36.6. The van der Waals surface area contributed by atoms with Gasteiger partial charge in [0.15, 0.2) is 0 Å². The number of hydrogen-bond acceptors (Lipinski definition) is 8. The molecule has 0 saturated carbocycles. The third-order valence-corrected chi connectivity index (χ3v) is 11.8. The van der Waals surface area contributed by atoms with Crippen molar-refractivity contribution in [3.05, 3.63) is 0 Å². The third kappa shape index (κ3) is 8.83. The van der Waals surface area contributed by atoms with Gasteiger partial charge in [0.25, 0.3) is 0 Å². The lowest BCUT2D eigenvalue weighted by Crippen LogP contribution is -2.45. The lowest BCUT2D eigenvalue weighted by Gasteiger charge is -2.38. The summed E-state index contributed by atoms with van der Waals surface area (Å²) in [5.74, 6) is -0.996. The summed E-state index contributed by atoms with van der Waals surface area (Å²) in [6.45, 7) is 14.8. The average Bonchev–Trinajstić information content (AvgIpc) is 3.80. The highest BCUT2D eigenvalue weighted by Crippen LogP contribution is 2.41. The SMILES string of the molecule is CCC[C@H](C[C@@H]1CC[C@H]([C@@H](CC)[C@@H]2OC(=O)[C@@H](C)[C@H]3CC[C@H](O3)[C@@H](C)[C@@H](CCC)OC(=O)[C@H](C)[C@H]3CC[C@H](O3)[C@H]2C)O1)N(C)C. The van der Waals surface area contributed by atoms with Gasteiger partial charge in [-0.15, -0.1) is 0 Å². The summed E-state index contributed by atoms with van der Waals surface area (Å²) in [6.07, 6.45) is 10.4. The van der Waals surface area contributed by atoms with Gasteiger partial charge in [-0.25, -0.2) is 0 Å². The lowest BCUT2D eigenvalue weighted by atomic mass is 9.81. The molecule has 4 heterocycles. The number of carbonyl (C=O) groups is 2. The van der Waals surface area contributed by atoms with Crippen LogP contribution in [-0.4, -0.2) is 85.8 Å². The minimum Gasteiger partial charge on any atom is -0.462 e. The van der Waals surface area contributed by atoms with Gasteiger partial charge in [0.1, 0.15) is 12.2 Å². The molecule has 0 aromatic rings. The molecular weight excluding hydrogens is 570 g/mol. The van der Waals surface area contributed by atoms with Gasteiger partial charge in [0, 0.05) is 23.8 Å². The average molecular weight is 636 g/mol. The minimum absolute atomic E-state index is 0.0328. The maximum Gasteiger partial charge on any atom is 0.311 e. The molecule has 4 saturated heterocycles. The quantitative estimate of drug-likeness (QED) is 0.238. The van der Waals surface area contributed by atoms with E-state index < -0.39 is 0 Å². The van der Waals surface area contributed by atoms with Crippen molar-refractivity contribution < 1.29 is 33.3 Å². The molecule has 8 heteroatoms. The maximum atomic E-state index is 13.9. The lowest BCUT2D eigenvalue weighted by molar-refractivity contribution is -0.178. The van der Waals surface area contributed by atoms with Crippen molar-refractivity contribution in [1.82, 2.24) is 4.90 Å². The van der Waals surface area contributed by atoms with E-state index in [0.717, 1.165) is 77.0 Å². The van der Waals surface area contributed by atoms with Crippen molar-refractivity contribution in [3.63, 3.8) is 0 Å². The van der Waals surface area contributed by atoms with E-state index in [4.69, 9.17) is 23.7 Å². The van der Waals surface area contributed by atoms with Crippen molar-refractivity contribution in [3.8, 4) is 0 Å². The molecule has 0 aliphatic carbocycles. The van der Waals surface area contributed by atoms with Gasteiger partial charge in [-0.1, -0.05) is 47.5 Å². The fourth-order valence-electron chi connectivity index (χ4n) is 8.59. The number of rotatable bonds is 10. The van der Waals surface area contributed by atoms with Crippen molar-refractivity contribution in [1.29, 1.82) is 0 Å². The monoisotopic (exact) mass is 635 g/mol. The molecule has 4 aliphatic rings. The Morgan fingerprint density at radius 1 is 0.711 bits per heavy atom. The van der Waals surface area contributed by atoms with Crippen LogP contribution in [-0.2, 0) is 33.3 Å². The fourth-order valence-corrected chi connectivity index (χ4v) is 8.59. The topological polar surface area (TPSA) is 83.5 Å². The Morgan fingerprint density at radius 3 is 1.84 bits per heavy atom. The number of esters is 2. The Morgan fingerprint density at radius 2 is 1.29 bits per heavy atom. The summed E-state index contributed by atoms with van der Waals surface area (Å²) >= 11 is 0. The third-order valence-electron chi connectivity index (χ3n) is 11.8. The Balaban J connectivity index is 1.57. The van der Waals surface area contributed by atoms with E-state index in [0.29, 0.717) is 6.04 Å². The number of cyclic esters (lactones) is 2. The molecule has 8 nitrogen and oxygen atoms in total. The first-order valence-electron chi connectivity index (χ1n) is 18.5. The molecule has 14 atom stereocenters. The van der Waals surface area contributed by atoms with E-state index in [1.165, 1.54) is 0 Å². The number of nitrogens with zero attached hydrogens (tertiary/aromatic N) is 1. The zero-order valence-corrected chi connectivity index (χ0v) is 29.9. The van der Waals surface area contributed by atoms with Gasteiger partial charge in [0.2, 0.25) is 0 Å². The number of hydrogen-bond donors (Lipinski definition) is 0. The second-order valence-corrected chi connectivity index (χ2v) is 15.1. The Kier molecular flexibility index (Phi) is 13.6. The highest BCUT2D eigenvalue weighted by molar-refractivity contribution is 5.73. The normalized spacial score (nSPS) is 41.2. The van der Waals surface area contributed by atoms with Crippen LogP contribution in [0.1, 0.15) is 126 Å². The van der Waals surface area contributed by atoms with Crippen LogP contribution in [0.3, 0.4) is 0 Å². The zero-order valence-electron chi connectivity index (χ0n) is 29.9. The van der Waals surface area contributed by atoms with Gasteiger partial charge in [0.05, 0.1) is 48.5 Å². The van der Waals surface area contributed by atoms with E-state index in [1.54, 1.807) is 0 Å². The molecule has 4 bridgehead atoms. The van der Waals surface area contributed by atoms with Crippen molar-refractivity contribution >= 4 is 11.9 Å². The van der Waals surface area contributed by atoms with Crippen LogP contribution < -0.4 is 0 Å². The highest BCUT2D eigenvalue weighted by Gasteiger charge is 2.47. The van der Waals surface area contributed by atoms with Crippen molar-refractivity contribution in [2.75, 3.05) is 14.1 Å². The molecule has 0 amide bonds. The van der Waals surface area contributed by atoms with Gasteiger partial charge < -0.3 is 28.6 Å². The summed E-state index contributed by atoms with van der Waals surface area (Å²) < 4.78 is 32.8. The summed E-state index contributed by atoms with van der Waals surface area (Å²) in [5.41, 5.74) is 0. The summed E-state index contributed by atoms with van der Waals surface area (Å²) in [5, 5.41) is 0. The van der Waals surface area contributed by atoms with E-state index in [2.05, 4.69) is 53.6 Å². The number of carbonyl (C=O) groups excluding carboxylic acids is 2. The predicted octanol–water partition coefficient (Wildman–Crippen LogP) is 6.96. The predicted molar refractivity (Wildman–Crippen MR) is 176 cm³/mol. The standard InChI is InChI=1S/C37H65NO7/c1-10-13-26(38(8)9)21-27-15-16-34(41-27)28(12-3)35-23(5)31-18-20-32(43-31)24(6)36(39)44-29(14-11-2)22(4)30-17-19-33(42-30)25(7)37(40)45-35/h22-35H,10-21H2,1-9H3/t22-,23+,24+,25-,26+,27-,28+,29+,30-,31-,32+,33+,34+,35+/m0/s1. The molecule has 0 N–H and O–H groups in total. The molecule has 260 valence electrons. The van der Waals surface area contributed by atoms with Gasteiger partial charge in [-0.2, -0.15) is 0 Å². The first-order chi connectivity index (χ1) is 21.5. The van der Waals surface area contributed by atoms with Crippen LogP contribution in [0.15, 0.2) is 0 Å². The van der Waals surface area contributed by atoms with E-state index in [9.17, 15) is 9.59 Å². The fraction of sp³-hybridized carbons (Fsp3) is 0.946. The number of fused-ring (bicyclic) bond motifs is 4. The summed E-state index contributed by atoms with van der Waals surface area (Å²) in [7, 11) is 4.33. The number of ether oxygens (including phenoxy) is 5. The Labute approximate surface area is 274 Å². The van der Waals surface area contributed by atoms with Crippen molar-refractivity contribution in [2.45, 2.75) is 180 Å². The first-order valence-corrected chi connectivity index (χ1v) is 18.5. The van der Waals surface area contributed by atoms with Crippen LogP contribution in [0.4, 0.5) is 0 Å². The maximum absolute atomic E-state index is 13.9. The van der Waals surface area contributed by atoms with Crippen LogP contribution in [0.2, 0.25) is 0 Å². The van der Waals surface area contributed by atoms with E-state index >= 15 is 0 Å². The van der Waals surface area contributed by atoms with Crippen LogP contribution in [0, 0.1) is 29.6 Å². The second kappa shape index (κ2) is 16.7. The van der Waals surface area contributed by atoms with Gasteiger partial charge in [-0.3, -0.25) is 9.59 Å². The van der Waals surface area contributed by atoms with Gasteiger partial charge in [-0.05, 0) is 92.2 Å². The zero-order chi connectivity index (χ0) is 32.8. The minimum atomic E-state index is -0.376. The highest BCUT2D eigenvalue weighted by atomic mass is 16.6. The smallest absolute Gasteiger partial charge is 0.311 e. The summed E-state index contributed by atoms with van der Waals surface area (Å²) in [6, 6.07) is 0.506. The molecule has 45 heavy (non-hydrogen) atoms. The second-order valence-electron chi connectivity index (χ2n) is 15.1. The van der Waals surface area contributed by atoms with Gasteiger partial charge >= 0.3 is 11.9 Å². The van der Waals surface area contributed by atoms with Crippen LogP contribution >= 0.6 is 0 Å². The molecular formula is C37H65NO7. The van der Waals surface area contributed by atoms with Crippen molar-refractivity contribution in [2.24, 2.45) is 29.6 Å².